The first kappa shape index (κ1) is 15.4. The van der Waals surface area contributed by atoms with Gasteiger partial charge in [0.2, 0.25) is 0 Å². The summed E-state index contributed by atoms with van der Waals surface area (Å²) >= 11 is 0. The fourth-order valence-corrected chi connectivity index (χ4v) is 2.21. The first-order valence-corrected chi connectivity index (χ1v) is 6.66. The first-order valence-electron chi connectivity index (χ1n) is 6.66. The highest BCUT2D eigenvalue weighted by atomic mass is 16.6. The van der Waals surface area contributed by atoms with Crippen LogP contribution in [0.15, 0.2) is 42.5 Å². The van der Waals surface area contributed by atoms with Crippen LogP contribution < -0.4 is 0 Å². The topological polar surface area (TPSA) is 80.4 Å². The van der Waals surface area contributed by atoms with Crippen LogP contribution in [0.5, 0.6) is 0 Å². The van der Waals surface area contributed by atoms with Crippen molar-refractivity contribution in [1.82, 2.24) is 0 Å². The Bertz CT molecular complexity index is 778. The second-order valence-electron chi connectivity index (χ2n) is 5.00. The van der Waals surface area contributed by atoms with E-state index < -0.39 is 10.9 Å². The normalized spacial score (nSPS) is 11.3. The van der Waals surface area contributed by atoms with Crippen LogP contribution in [0.1, 0.15) is 22.3 Å². The van der Waals surface area contributed by atoms with E-state index in [2.05, 4.69) is 0 Å². The lowest BCUT2D eigenvalue weighted by molar-refractivity contribution is -0.385. The summed E-state index contributed by atoms with van der Waals surface area (Å²) in [7, 11) is 0. The molecule has 0 heterocycles. The number of aliphatic carboxylic acids is 1. The fraction of sp³-hybridized carbons (Fsp3) is 0.118. The monoisotopic (exact) mass is 297 g/mol. The summed E-state index contributed by atoms with van der Waals surface area (Å²) in [6.07, 6.45) is 1.35. The van der Waals surface area contributed by atoms with Crippen molar-refractivity contribution in [3.63, 3.8) is 0 Å². The molecule has 0 saturated heterocycles. The maximum absolute atomic E-state index is 11.6. The number of hydrogen-bond acceptors (Lipinski definition) is 3. The summed E-state index contributed by atoms with van der Waals surface area (Å²) in [6, 6.07) is 11.6. The standard InChI is InChI=1S/C17H15NO4/c1-11-7-8-12(2)14(9-11)15(17(19)20)10-13-5-3-4-6-16(13)18(21)22/h3-10H,1-2H3,(H,19,20)/b15-10-. The zero-order valence-electron chi connectivity index (χ0n) is 12.2. The molecule has 1 N–H and O–H groups in total. The number of carboxylic acid groups (broad SMARTS) is 1. The van der Waals surface area contributed by atoms with Gasteiger partial charge in [0.1, 0.15) is 0 Å². The Morgan fingerprint density at radius 3 is 2.50 bits per heavy atom. The van der Waals surface area contributed by atoms with E-state index in [1.54, 1.807) is 18.2 Å². The zero-order valence-corrected chi connectivity index (χ0v) is 12.2. The van der Waals surface area contributed by atoms with Crippen LogP contribution in [0.25, 0.3) is 11.6 Å². The molecule has 0 saturated carbocycles. The maximum atomic E-state index is 11.6. The van der Waals surface area contributed by atoms with Crippen molar-refractivity contribution in [3.8, 4) is 0 Å². The Morgan fingerprint density at radius 2 is 1.86 bits per heavy atom. The third-order valence-electron chi connectivity index (χ3n) is 3.35. The molecule has 5 nitrogen and oxygen atoms in total. The van der Waals surface area contributed by atoms with E-state index in [0.29, 0.717) is 5.56 Å². The molecule has 0 amide bonds. The molecule has 0 fully saturated rings. The fourth-order valence-electron chi connectivity index (χ4n) is 2.21. The van der Waals surface area contributed by atoms with Gasteiger partial charge in [0.25, 0.3) is 5.69 Å². The summed E-state index contributed by atoms with van der Waals surface area (Å²) < 4.78 is 0. The number of para-hydroxylation sites is 1. The molecule has 22 heavy (non-hydrogen) atoms. The molecule has 5 heteroatoms. The van der Waals surface area contributed by atoms with Crippen molar-refractivity contribution in [2.75, 3.05) is 0 Å². The van der Waals surface area contributed by atoms with E-state index in [1.807, 2.05) is 26.0 Å². The van der Waals surface area contributed by atoms with E-state index in [1.165, 1.54) is 18.2 Å². The summed E-state index contributed by atoms with van der Waals surface area (Å²) in [5.74, 6) is -1.12. The van der Waals surface area contributed by atoms with Crippen LogP contribution >= 0.6 is 0 Å². The van der Waals surface area contributed by atoms with Gasteiger partial charge in [0, 0.05) is 6.07 Å². The molecular weight excluding hydrogens is 282 g/mol. The molecule has 0 unspecified atom stereocenters. The quantitative estimate of drug-likeness (QED) is 0.402. The summed E-state index contributed by atoms with van der Waals surface area (Å²) in [4.78, 5) is 22.2. The molecule has 0 radical (unpaired) electrons. The highest BCUT2D eigenvalue weighted by Gasteiger charge is 2.17. The number of carboxylic acids is 1. The number of nitrogens with zero attached hydrogens (tertiary/aromatic N) is 1. The molecule has 0 bridgehead atoms. The van der Waals surface area contributed by atoms with Crippen molar-refractivity contribution in [3.05, 3.63) is 74.8 Å². The molecule has 2 aromatic rings. The summed E-state index contributed by atoms with van der Waals surface area (Å²) in [5, 5.41) is 20.6. The number of nitro benzene ring substituents is 1. The van der Waals surface area contributed by atoms with Crippen molar-refractivity contribution >= 4 is 23.3 Å². The van der Waals surface area contributed by atoms with Gasteiger partial charge >= 0.3 is 5.97 Å². The van der Waals surface area contributed by atoms with Crippen LogP contribution in [0.4, 0.5) is 5.69 Å². The number of aryl methyl sites for hydroxylation is 2. The SMILES string of the molecule is Cc1ccc(C)c(/C(=C/c2ccccc2[N+](=O)[O-])C(=O)O)c1. The van der Waals surface area contributed by atoms with Gasteiger partial charge in [-0.05, 0) is 37.1 Å². The first-order chi connectivity index (χ1) is 10.4. The zero-order chi connectivity index (χ0) is 16.3. The average molecular weight is 297 g/mol. The van der Waals surface area contributed by atoms with E-state index >= 15 is 0 Å². The predicted molar refractivity (Wildman–Crippen MR) is 84.5 cm³/mol. The van der Waals surface area contributed by atoms with Crippen molar-refractivity contribution in [1.29, 1.82) is 0 Å². The Kier molecular flexibility index (Phi) is 4.36. The van der Waals surface area contributed by atoms with Crippen molar-refractivity contribution in [2.45, 2.75) is 13.8 Å². The number of rotatable bonds is 4. The van der Waals surface area contributed by atoms with E-state index in [4.69, 9.17) is 0 Å². The second kappa shape index (κ2) is 6.22. The summed E-state index contributed by atoms with van der Waals surface area (Å²) in [6.45, 7) is 3.68. The molecule has 2 rings (SSSR count). The van der Waals surface area contributed by atoms with Crippen LogP contribution in [0.3, 0.4) is 0 Å². The molecule has 0 aliphatic heterocycles. The van der Waals surface area contributed by atoms with Gasteiger partial charge in [-0.25, -0.2) is 4.79 Å². The predicted octanol–water partition coefficient (Wildman–Crippen LogP) is 3.84. The van der Waals surface area contributed by atoms with E-state index in [9.17, 15) is 20.0 Å². The average Bonchev–Trinajstić information content (AvgIpc) is 2.47. The highest BCUT2D eigenvalue weighted by molar-refractivity contribution is 6.21. The minimum Gasteiger partial charge on any atom is -0.478 e. The van der Waals surface area contributed by atoms with Gasteiger partial charge in [0.15, 0.2) is 0 Å². The lowest BCUT2D eigenvalue weighted by Gasteiger charge is -2.08. The van der Waals surface area contributed by atoms with Crippen LogP contribution in [0.2, 0.25) is 0 Å². The smallest absolute Gasteiger partial charge is 0.336 e. The minimum atomic E-state index is -1.12. The van der Waals surface area contributed by atoms with Crippen molar-refractivity contribution in [2.24, 2.45) is 0 Å². The largest absolute Gasteiger partial charge is 0.478 e. The Morgan fingerprint density at radius 1 is 1.18 bits per heavy atom. The molecule has 0 aromatic heterocycles. The number of nitro groups is 1. The molecule has 0 aliphatic carbocycles. The highest BCUT2D eigenvalue weighted by Crippen LogP contribution is 2.27. The van der Waals surface area contributed by atoms with Crippen LogP contribution in [-0.4, -0.2) is 16.0 Å². The Labute approximate surface area is 127 Å². The van der Waals surface area contributed by atoms with Gasteiger partial charge in [0.05, 0.1) is 16.1 Å². The Hall–Kier alpha value is -2.95. The van der Waals surface area contributed by atoms with Gasteiger partial charge in [-0.3, -0.25) is 10.1 Å². The van der Waals surface area contributed by atoms with Gasteiger partial charge in [-0.2, -0.15) is 0 Å². The van der Waals surface area contributed by atoms with E-state index in [0.717, 1.165) is 11.1 Å². The lowest BCUT2D eigenvalue weighted by Crippen LogP contribution is -2.02. The number of hydrogen-bond donors (Lipinski definition) is 1. The third kappa shape index (κ3) is 3.20. The van der Waals surface area contributed by atoms with Crippen molar-refractivity contribution < 1.29 is 14.8 Å². The van der Waals surface area contributed by atoms with Gasteiger partial charge in [-0.1, -0.05) is 35.9 Å². The molecule has 0 atom stereocenters. The van der Waals surface area contributed by atoms with Gasteiger partial charge in [-0.15, -0.1) is 0 Å². The minimum absolute atomic E-state index is 0.0375. The third-order valence-corrected chi connectivity index (χ3v) is 3.35. The number of carbonyl (C=O) groups is 1. The second-order valence-corrected chi connectivity index (χ2v) is 5.00. The Balaban J connectivity index is 2.66. The molecule has 0 aliphatic rings. The molecular formula is C17H15NO4. The van der Waals surface area contributed by atoms with Gasteiger partial charge < -0.3 is 5.11 Å². The molecule has 2 aromatic carbocycles. The molecule has 0 spiro atoms. The molecule has 112 valence electrons. The van der Waals surface area contributed by atoms with Crippen LogP contribution in [0, 0.1) is 24.0 Å². The lowest BCUT2D eigenvalue weighted by atomic mass is 9.96. The van der Waals surface area contributed by atoms with Crippen LogP contribution in [-0.2, 0) is 4.79 Å². The van der Waals surface area contributed by atoms with E-state index in [-0.39, 0.29) is 16.8 Å². The number of benzene rings is 2. The maximum Gasteiger partial charge on any atom is 0.336 e. The summed E-state index contributed by atoms with van der Waals surface area (Å²) in [5.41, 5.74) is 2.48.